The number of aryl methyl sites for hydroxylation is 1. The molecule has 150 valence electrons. The number of amides is 1. The SMILES string of the molecule is Cc1[nH]c(C(=O)N2CCN(Cc3ccccn3)CC2)c(C)c1C(=O)OC(C)C. The summed E-state index contributed by atoms with van der Waals surface area (Å²) in [6, 6.07) is 5.91. The first-order valence-corrected chi connectivity index (χ1v) is 9.68. The summed E-state index contributed by atoms with van der Waals surface area (Å²) < 4.78 is 5.31. The Morgan fingerprint density at radius 3 is 2.50 bits per heavy atom. The van der Waals surface area contributed by atoms with Crippen molar-refractivity contribution in [1.29, 1.82) is 0 Å². The van der Waals surface area contributed by atoms with Gasteiger partial charge in [-0.05, 0) is 45.4 Å². The van der Waals surface area contributed by atoms with Gasteiger partial charge in [-0.3, -0.25) is 14.7 Å². The molecule has 0 unspecified atom stereocenters. The molecule has 7 heteroatoms. The molecule has 7 nitrogen and oxygen atoms in total. The zero-order valence-electron chi connectivity index (χ0n) is 17.0. The van der Waals surface area contributed by atoms with Crippen LogP contribution in [0.5, 0.6) is 0 Å². The van der Waals surface area contributed by atoms with Crippen molar-refractivity contribution >= 4 is 11.9 Å². The average Bonchev–Trinajstić information content (AvgIpc) is 2.96. The molecule has 2 aromatic rings. The van der Waals surface area contributed by atoms with E-state index in [2.05, 4.69) is 14.9 Å². The summed E-state index contributed by atoms with van der Waals surface area (Å²) in [5.41, 5.74) is 3.30. The quantitative estimate of drug-likeness (QED) is 0.802. The number of H-pyrrole nitrogens is 1. The van der Waals surface area contributed by atoms with E-state index >= 15 is 0 Å². The molecule has 1 fully saturated rings. The average molecular weight is 384 g/mol. The van der Waals surface area contributed by atoms with Crippen LogP contribution in [0.15, 0.2) is 24.4 Å². The molecule has 3 rings (SSSR count). The van der Waals surface area contributed by atoms with Gasteiger partial charge in [0, 0.05) is 44.6 Å². The van der Waals surface area contributed by atoms with Crippen LogP contribution in [0.3, 0.4) is 0 Å². The Kier molecular flexibility index (Phi) is 6.14. The predicted molar refractivity (Wildman–Crippen MR) is 106 cm³/mol. The van der Waals surface area contributed by atoms with Gasteiger partial charge in [0.05, 0.1) is 17.4 Å². The first-order valence-electron chi connectivity index (χ1n) is 9.68. The lowest BCUT2D eigenvalue weighted by Crippen LogP contribution is -2.48. The number of aromatic amines is 1. The van der Waals surface area contributed by atoms with Crippen LogP contribution in [0.4, 0.5) is 0 Å². The molecule has 1 aliphatic heterocycles. The van der Waals surface area contributed by atoms with Crippen LogP contribution in [0.2, 0.25) is 0 Å². The first-order chi connectivity index (χ1) is 13.4. The van der Waals surface area contributed by atoms with Crippen molar-refractivity contribution in [2.24, 2.45) is 0 Å². The van der Waals surface area contributed by atoms with E-state index < -0.39 is 0 Å². The lowest BCUT2D eigenvalue weighted by molar-refractivity contribution is 0.0376. The number of carbonyl (C=O) groups is 2. The first kappa shape index (κ1) is 20.1. The van der Waals surface area contributed by atoms with Crippen LogP contribution in [-0.2, 0) is 11.3 Å². The van der Waals surface area contributed by atoms with Crippen LogP contribution in [0.25, 0.3) is 0 Å². The molecule has 0 radical (unpaired) electrons. The third kappa shape index (κ3) is 4.42. The van der Waals surface area contributed by atoms with Gasteiger partial charge < -0.3 is 14.6 Å². The minimum absolute atomic E-state index is 0.0679. The number of nitrogens with zero attached hydrogens (tertiary/aromatic N) is 3. The Balaban J connectivity index is 1.64. The number of nitrogens with one attached hydrogen (secondary N) is 1. The highest BCUT2D eigenvalue weighted by Gasteiger charge is 2.28. The summed E-state index contributed by atoms with van der Waals surface area (Å²) in [5.74, 6) is -0.456. The molecule has 0 aliphatic carbocycles. The maximum absolute atomic E-state index is 13.0. The van der Waals surface area contributed by atoms with Gasteiger partial charge in [0.15, 0.2) is 0 Å². The van der Waals surface area contributed by atoms with Crippen LogP contribution in [-0.4, -0.2) is 63.9 Å². The Morgan fingerprint density at radius 1 is 1.18 bits per heavy atom. The normalized spacial score (nSPS) is 15.1. The number of esters is 1. The van der Waals surface area contributed by atoms with Crippen LogP contribution < -0.4 is 0 Å². The minimum atomic E-state index is -0.388. The second kappa shape index (κ2) is 8.56. The molecule has 28 heavy (non-hydrogen) atoms. The summed E-state index contributed by atoms with van der Waals surface area (Å²) in [4.78, 5) is 37.0. The molecule has 1 N–H and O–H groups in total. The van der Waals surface area contributed by atoms with Gasteiger partial charge in [-0.1, -0.05) is 6.07 Å². The molecule has 2 aromatic heterocycles. The zero-order chi connectivity index (χ0) is 20.3. The molecule has 0 spiro atoms. The molecule has 0 bridgehead atoms. The molecule has 1 aliphatic rings. The van der Waals surface area contributed by atoms with Crippen molar-refractivity contribution < 1.29 is 14.3 Å². The molecular formula is C21H28N4O3. The Bertz CT molecular complexity index is 837. The third-order valence-corrected chi connectivity index (χ3v) is 4.97. The lowest BCUT2D eigenvalue weighted by atomic mass is 10.1. The summed E-state index contributed by atoms with van der Waals surface area (Å²) in [5, 5.41) is 0. The number of hydrogen-bond donors (Lipinski definition) is 1. The second-order valence-electron chi connectivity index (χ2n) is 7.47. The predicted octanol–water partition coefficient (Wildman–Crippen LogP) is 2.55. The van der Waals surface area contributed by atoms with Crippen molar-refractivity contribution in [2.75, 3.05) is 26.2 Å². The summed E-state index contributed by atoms with van der Waals surface area (Å²) in [6.07, 6.45) is 1.60. The monoisotopic (exact) mass is 384 g/mol. The molecule has 0 atom stereocenters. The maximum atomic E-state index is 13.0. The van der Waals surface area contributed by atoms with Crippen molar-refractivity contribution in [2.45, 2.75) is 40.3 Å². The third-order valence-electron chi connectivity index (χ3n) is 4.97. The fourth-order valence-corrected chi connectivity index (χ4v) is 3.53. The molecule has 0 aromatic carbocycles. The number of carbonyl (C=O) groups excluding carboxylic acids is 2. The molecule has 3 heterocycles. The van der Waals surface area contributed by atoms with Crippen LogP contribution in [0.1, 0.15) is 51.6 Å². The fraction of sp³-hybridized carbons (Fsp3) is 0.476. The van der Waals surface area contributed by atoms with Crippen molar-refractivity contribution in [1.82, 2.24) is 19.8 Å². The summed E-state index contributed by atoms with van der Waals surface area (Å²) in [6.45, 7) is 10.9. The Labute approximate surface area is 165 Å². The van der Waals surface area contributed by atoms with E-state index in [0.29, 0.717) is 35.6 Å². The largest absolute Gasteiger partial charge is 0.459 e. The van der Waals surface area contributed by atoms with E-state index in [4.69, 9.17) is 4.74 Å². The highest BCUT2D eigenvalue weighted by Crippen LogP contribution is 2.21. The number of ether oxygens (including phenoxy) is 1. The number of piperazine rings is 1. The van der Waals surface area contributed by atoms with Gasteiger partial charge >= 0.3 is 5.97 Å². The van der Waals surface area contributed by atoms with E-state index in [1.807, 2.05) is 36.9 Å². The lowest BCUT2D eigenvalue weighted by Gasteiger charge is -2.34. The van der Waals surface area contributed by atoms with E-state index in [1.54, 1.807) is 20.0 Å². The van der Waals surface area contributed by atoms with Crippen molar-refractivity contribution in [3.05, 3.63) is 52.6 Å². The van der Waals surface area contributed by atoms with Gasteiger partial charge in [0.1, 0.15) is 5.69 Å². The molecule has 1 saturated heterocycles. The molecule has 1 amide bonds. The van der Waals surface area contributed by atoms with E-state index in [1.165, 1.54) is 0 Å². The van der Waals surface area contributed by atoms with Gasteiger partial charge in [-0.15, -0.1) is 0 Å². The van der Waals surface area contributed by atoms with Crippen molar-refractivity contribution in [3.63, 3.8) is 0 Å². The smallest absolute Gasteiger partial charge is 0.340 e. The van der Waals surface area contributed by atoms with Crippen LogP contribution >= 0.6 is 0 Å². The summed E-state index contributed by atoms with van der Waals surface area (Å²) in [7, 11) is 0. The molecule has 0 saturated carbocycles. The number of aromatic nitrogens is 2. The number of rotatable bonds is 5. The highest BCUT2D eigenvalue weighted by molar-refractivity contribution is 6.00. The summed E-state index contributed by atoms with van der Waals surface area (Å²) >= 11 is 0. The van der Waals surface area contributed by atoms with Gasteiger partial charge in [-0.25, -0.2) is 4.79 Å². The van der Waals surface area contributed by atoms with Gasteiger partial charge in [0.25, 0.3) is 5.91 Å². The Hall–Kier alpha value is -2.67. The standard InChI is InChI=1S/C21H28N4O3/c1-14(2)28-21(27)18-15(3)19(23-16(18)4)20(26)25-11-9-24(10-12-25)13-17-7-5-6-8-22-17/h5-8,14,23H,9-13H2,1-4H3. The van der Waals surface area contributed by atoms with Crippen molar-refractivity contribution in [3.8, 4) is 0 Å². The highest BCUT2D eigenvalue weighted by atomic mass is 16.5. The second-order valence-corrected chi connectivity index (χ2v) is 7.47. The van der Waals surface area contributed by atoms with E-state index in [0.717, 1.165) is 25.3 Å². The van der Waals surface area contributed by atoms with Gasteiger partial charge in [0.2, 0.25) is 0 Å². The maximum Gasteiger partial charge on any atom is 0.340 e. The zero-order valence-corrected chi connectivity index (χ0v) is 17.0. The number of hydrogen-bond acceptors (Lipinski definition) is 5. The van der Waals surface area contributed by atoms with E-state index in [-0.39, 0.29) is 18.0 Å². The van der Waals surface area contributed by atoms with E-state index in [9.17, 15) is 9.59 Å². The number of pyridine rings is 1. The topological polar surface area (TPSA) is 78.5 Å². The van der Waals surface area contributed by atoms with Crippen LogP contribution in [0, 0.1) is 13.8 Å². The van der Waals surface area contributed by atoms with Gasteiger partial charge in [-0.2, -0.15) is 0 Å². The Morgan fingerprint density at radius 2 is 1.89 bits per heavy atom. The fourth-order valence-electron chi connectivity index (χ4n) is 3.53. The minimum Gasteiger partial charge on any atom is -0.459 e. The molecular weight excluding hydrogens is 356 g/mol.